The summed E-state index contributed by atoms with van der Waals surface area (Å²) < 4.78 is 0. The fourth-order valence-corrected chi connectivity index (χ4v) is 2.49. The zero-order valence-corrected chi connectivity index (χ0v) is 11.7. The number of pyridine rings is 1. The molecule has 5 heteroatoms. The molecule has 0 aliphatic carbocycles. The number of anilines is 1. The number of halogens is 1. The SMILES string of the molecule is Cc1cc(Cl)c(NCc2ccncn2)c2cccnc12. The summed E-state index contributed by atoms with van der Waals surface area (Å²) in [5, 5.41) is 5.05. The zero-order chi connectivity index (χ0) is 13.9. The maximum atomic E-state index is 6.35. The predicted octanol–water partition coefficient (Wildman–Crippen LogP) is 3.60. The van der Waals surface area contributed by atoms with Gasteiger partial charge in [-0.25, -0.2) is 9.97 Å². The van der Waals surface area contributed by atoms with Crippen LogP contribution in [0.3, 0.4) is 0 Å². The molecule has 0 amide bonds. The molecule has 0 spiro atoms. The highest BCUT2D eigenvalue weighted by Gasteiger charge is 2.09. The number of fused-ring (bicyclic) bond motifs is 1. The number of hydrogen-bond acceptors (Lipinski definition) is 4. The van der Waals surface area contributed by atoms with Crippen LogP contribution >= 0.6 is 11.6 Å². The van der Waals surface area contributed by atoms with Crippen LogP contribution in [0.4, 0.5) is 5.69 Å². The summed E-state index contributed by atoms with van der Waals surface area (Å²) in [5.74, 6) is 0. The molecule has 4 nitrogen and oxygen atoms in total. The van der Waals surface area contributed by atoms with E-state index in [0.29, 0.717) is 11.6 Å². The molecule has 0 fully saturated rings. The first kappa shape index (κ1) is 12.8. The highest BCUT2D eigenvalue weighted by atomic mass is 35.5. The predicted molar refractivity (Wildman–Crippen MR) is 80.8 cm³/mol. The van der Waals surface area contributed by atoms with Crippen molar-refractivity contribution >= 4 is 28.2 Å². The van der Waals surface area contributed by atoms with E-state index in [9.17, 15) is 0 Å². The summed E-state index contributed by atoms with van der Waals surface area (Å²) in [5.41, 5.74) is 3.83. The Kier molecular flexibility index (Phi) is 3.48. The molecule has 0 saturated heterocycles. The molecule has 0 unspecified atom stereocenters. The van der Waals surface area contributed by atoms with Crippen LogP contribution in [0.5, 0.6) is 0 Å². The topological polar surface area (TPSA) is 50.7 Å². The second kappa shape index (κ2) is 5.43. The lowest BCUT2D eigenvalue weighted by Gasteiger charge is -2.12. The minimum absolute atomic E-state index is 0.593. The van der Waals surface area contributed by atoms with Gasteiger partial charge in [0.2, 0.25) is 0 Å². The van der Waals surface area contributed by atoms with E-state index >= 15 is 0 Å². The zero-order valence-electron chi connectivity index (χ0n) is 11.0. The maximum absolute atomic E-state index is 6.35. The quantitative estimate of drug-likeness (QED) is 0.798. The molecular weight excluding hydrogens is 272 g/mol. The number of aromatic nitrogens is 3. The summed E-state index contributed by atoms with van der Waals surface area (Å²) in [6.07, 6.45) is 5.05. The lowest BCUT2D eigenvalue weighted by Crippen LogP contribution is -2.03. The molecule has 3 rings (SSSR count). The van der Waals surface area contributed by atoms with Crippen LogP contribution < -0.4 is 5.32 Å². The van der Waals surface area contributed by atoms with Crippen LogP contribution in [0.25, 0.3) is 10.9 Å². The van der Waals surface area contributed by atoms with E-state index in [2.05, 4.69) is 20.3 Å². The van der Waals surface area contributed by atoms with Crippen molar-refractivity contribution in [1.82, 2.24) is 15.0 Å². The van der Waals surface area contributed by atoms with Crippen molar-refractivity contribution in [3.05, 3.63) is 59.3 Å². The molecule has 100 valence electrons. The molecule has 3 aromatic rings. The Balaban J connectivity index is 1.99. The van der Waals surface area contributed by atoms with Gasteiger partial charge >= 0.3 is 0 Å². The molecule has 0 radical (unpaired) electrons. The van der Waals surface area contributed by atoms with Crippen LogP contribution in [0.1, 0.15) is 11.3 Å². The Morgan fingerprint density at radius 2 is 2.10 bits per heavy atom. The Labute approximate surface area is 121 Å². The van der Waals surface area contributed by atoms with Gasteiger partial charge < -0.3 is 5.32 Å². The second-order valence-corrected chi connectivity index (χ2v) is 4.91. The third-order valence-electron chi connectivity index (χ3n) is 3.12. The van der Waals surface area contributed by atoms with Crippen LogP contribution in [0.15, 0.2) is 43.0 Å². The van der Waals surface area contributed by atoms with Crippen molar-refractivity contribution in [3.8, 4) is 0 Å². The normalized spacial score (nSPS) is 10.7. The Morgan fingerprint density at radius 3 is 2.90 bits per heavy atom. The van der Waals surface area contributed by atoms with Gasteiger partial charge in [-0.15, -0.1) is 0 Å². The Morgan fingerprint density at radius 1 is 1.20 bits per heavy atom. The number of hydrogen-bond donors (Lipinski definition) is 1. The summed E-state index contributed by atoms with van der Waals surface area (Å²) in [6, 6.07) is 7.73. The molecule has 0 aliphatic rings. The van der Waals surface area contributed by atoms with Gasteiger partial charge in [0, 0.05) is 17.8 Å². The van der Waals surface area contributed by atoms with E-state index in [4.69, 9.17) is 11.6 Å². The molecule has 1 N–H and O–H groups in total. The highest BCUT2D eigenvalue weighted by Crippen LogP contribution is 2.32. The monoisotopic (exact) mass is 284 g/mol. The second-order valence-electron chi connectivity index (χ2n) is 4.50. The standard InChI is InChI=1S/C15H13ClN4/c1-10-7-13(16)15(12-3-2-5-18-14(10)12)19-8-11-4-6-17-9-20-11/h2-7,9,19H,8H2,1H3. The van der Waals surface area contributed by atoms with E-state index in [1.165, 1.54) is 6.33 Å². The van der Waals surface area contributed by atoms with E-state index in [1.54, 1.807) is 12.4 Å². The number of nitrogens with one attached hydrogen (secondary N) is 1. The minimum Gasteiger partial charge on any atom is -0.378 e. The van der Waals surface area contributed by atoms with Gasteiger partial charge in [-0.1, -0.05) is 11.6 Å². The first-order valence-electron chi connectivity index (χ1n) is 6.28. The molecule has 1 aromatic carbocycles. The van der Waals surface area contributed by atoms with Crippen molar-refractivity contribution in [2.75, 3.05) is 5.32 Å². The van der Waals surface area contributed by atoms with Gasteiger partial charge in [-0.3, -0.25) is 4.98 Å². The lowest BCUT2D eigenvalue weighted by atomic mass is 10.1. The Bertz CT molecular complexity index is 743. The summed E-state index contributed by atoms with van der Waals surface area (Å²) in [6.45, 7) is 2.60. The van der Waals surface area contributed by atoms with Crippen LogP contribution in [-0.4, -0.2) is 15.0 Å². The van der Waals surface area contributed by atoms with Crippen molar-refractivity contribution in [2.45, 2.75) is 13.5 Å². The first-order valence-corrected chi connectivity index (χ1v) is 6.66. The molecule has 0 aliphatic heterocycles. The van der Waals surface area contributed by atoms with Gasteiger partial charge in [0.1, 0.15) is 6.33 Å². The van der Waals surface area contributed by atoms with E-state index in [1.807, 2.05) is 31.2 Å². The minimum atomic E-state index is 0.593. The average Bonchev–Trinajstić information content (AvgIpc) is 2.48. The largest absolute Gasteiger partial charge is 0.378 e. The van der Waals surface area contributed by atoms with E-state index in [-0.39, 0.29) is 0 Å². The number of benzene rings is 1. The van der Waals surface area contributed by atoms with Crippen molar-refractivity contribution in [1.29, 1.82) is 0 Å². The van der Waals surface area contributed by atoms with Gasteiger partial charge in [-0.2, -0.15) is 0 Å². The molecule has 2 heterocycles. The molecular formula is C15H13ClN4. The number of nitrogens with zero attached hydrogens (tertiary/aromatic N) is 3. The fourth-order valence-electron chi connectivity index (χ4n) is 2.16. The van der Waals surface area contributed by atoms with Gasteiger partial charge in [-0.05, 0) is 36.8 Å². The third-order valence-corrected chi connectivity index (χ3v) is 3.42. The average molecular weight is 285 g/mol. The fraction of sp³-hybridized carbons (Fsp3) is 0.133. The molecule has 2 aromatic heterocycles. The van der Waals surface area contributed by atoms with Crippen molar-refractivity contribution in [3.63, 3.8) is 0 Å². The van der Waals surface area contributed by atoms with Crippen molar-refractivity contribution in [2.24, 2.45) is 0 Å². The molecule has 0 atom stereocenters. The maximum Gasteiger partial charge on any atom is 0.115 e. The Hall–Kier alpha value is -2.20. The summed E-state index contributed by atoms with van der Waals surface area (Å²) in [7, 11) is 0. The number of rotatable bonds is 3. The molecule has 0 bridgehead atoms. The number of aryl methyl sites for hydroxylation is 1. The van der Waals surface area contributed by atoms with Crippen LogP contribution in [-0.2, 0) is 6.54 Å². The highest BCUT2D eigenvalue weighted by molar-refractivity contribution is 6.35. The lowest BCUT2D eigenvalue weighted by molar-refractivity contribution is 1.01. The third kappa shape index (κ3) is 2.42. The first-order chi connectivity index (χ1) is 9.75. The van der Waals surface area contributed by atoms with Crippen LogP contribution in [0, 0.1) is 6.92 Å². The van der Waals surface area contributed by atoms with Crippen LogP contribution in [0.2, 0.25) is 5.02 Å². The summed E-state index contributed by atoms with van der Waals surface area (Å²) >= 11 is 6.35. The molecule has 20 heavy (non-hydrogen) atoms. The summed E-state index contributed by atoms with van der Waals surface area (Å²) in [4.78, 5) is 12.5. The molecule has 0 saturated carbocycles. The van der Waals surface area contributed by atoms with E-state index in [0.717, 1.165) is 27.8 Å². The van der Waals surface area contributed by atoms with Gasteiger partial charge in [0.25, 0.3) is 0 Å². The van der Waals surface area contributed by atoms with Gasteiger partial charge in [0.15, 0.2) is 0 Å². The van der Waals surface area contributed by atoms with E-state index < -0.39 is 0 Å². The van der Waals surface area contributed by atoms with Crippen molar-refractivity contribution < 1.29 is 0 Å². The van der Waals surface area contributed by atoms with Gasteiger partial charge in [0.05, 0.1) is 28.5 Å². The smallest absolute Gasteiger partial charge is 0.115 e.